The lowest BCUT2D eigenvalue weighted by atomic mass is 10.2. The molecular weight excluding hydrogens is 270 g/mol. The van der Waals surface area contributed by atoms with Gasteiger partial charge in [-0.15, -0.1) is 0 Å². The SMILES string of the molecule is CCc1nc2c(c(=O)n(CCN)c(=O)n2C(C)CC)n1C. The maximum atomic E-state index is 12.6. The summed E-state index contributed by atoms with van der Waals surface area (Å²) in [6.45, 7) is 6.41. The van der Waals surface area contributed by atoms with Crippen LogP contribution in [0, 0.1) is 0 Å². The first kappa shape index (κ1) is 15.5. The molecule has 1 unspecified atom stereocenters. The molecule has 2 N–H and O–H groups in total. The van der Waals surface area contributed by atoms with Crippen molar-refractivity contribution in [3.63, 3.8) is 0 Å². The van der Waals surface area contributed by atoms with Gasteiger partial charge in [0.25, 0.3) is 5.56 Å². The van der Waals surface area contributed by atoms with Crippen LogP contribution in [0.5, 0.6) is 0 Å². The number of fused-ring (bicyclic) bond motifs is 1. The third kappa shape index (κ3) is 2.31. The lowest BCUT2D eigenvalue weighted by Crippen LogP contribution is -2.42. The first-order valence-corrected chi connectivity index (χ1v) is 7.38. The molecule has 0 aliphatic heterocycles. The highest BCUT2D eigenvalue weighted by molar-refractivity contribution is 5.71. The van der Waals surface area contributed by atoms with Gasteiger partial charge in [-0.25, -0.2) is 9.78 Å². The van der Waals surface area contributed by atoms with E-state index in [0.29, 0.717) is 17.6 Å². The highest BCUT2D eigenvalue weighted by Gasteiger charge is 2.21. The van der Waals surface area contributed by atoms with Gasteiger partial charge in [0, 0.05) is 32.6 Å². The molecule has 0 saturated heterocycles. The van der Waals surface area contributed by atoms with E-state index in [1.54, 1.807) is 9.13 Å². The number of nitrogens with zero attached hydrogens (tertiary/aromatic N) is 4. The largest absolute Gasteiger partial charge is 0.333 e. The van der Waals surface area contributed by atoms with Crippen molar-refractivity contribution in [1.82, 2.24) is 18.7 Å². The molecule has 2 aromatic heterocycles. The minimum absolute atomic E-state index is 0.0239. The Labute approximate surface area is 123 Å². The zero-order chi connectivity index (χ0) is 15.7. The third-order valence-corrected chi connectivity index (χ3v) is 3.98. The smallest absolute Gasteiger partial charge is 0.329 e. The Morgan fingerprint density at radius 3 is 2.48 bits per heavy atom. The minimum atomic E-state index is -0.326. The van der Waals surface area contributed by atoms with Gasteiger partial charge in [0.05, 0.1) is 0 Å². The van der Waals surface area contributed by atoms with Crippen molar-refractivity contribution in [3.05, 3.63) is 26.7 Å². The fourth-order valence-electron chi connectivity index (χ4n) is 2.59. The molecule has 0 aromatic carbocycles. The third-order valence-electron chi connectivity index (χ3n) is 3.98. The monoisotopic (exact) mass is 293 g/mol. The molecule has 7 nitrogen and oxygen atoms in total. The van der Waals surface area contributed by atoms with Crippen LogP contribution in [0.2, 0.25) is 0 Å². The second-order valence-corrected chi connectivity index (χ2v) is 5.27. The molecule has 0 radical (unpaired) electrons. The normalized spacial score (nSPS) is 13.0. The van der Waals surface area contributed by atoms with Crippen LogP contribution in [0.15, 0.2) is 9.59 Å². The second-order valence-electron chi connectivity index (χ2n) is 5.27. The van der Waals surface area contributed by atoms with Crippen molar-refractivity contribution in [1.29, 1.82) is 0 Å². The van der Waals surface area contributed by atoms with Crippen molar-refractivity contribution in [3.8, 4) is 0 Å². The van der Waals surface area contributed by atoms with E-state index in [-0.39, 0.29) is 30.4 Å². The van der Waals surface area contributed by atoms with E-state index in [2.05, 4.69) is 4.98 Å². The summed E-state index contributed by atoms with van der Waals surface area (Å²) in [5.41, 5.74) is 5.85. The number of hydrogen-bond acceptors (Lipinski definition) is 4. The average molecular weight is 293 g/mol. The molecule has 116 valence electrons. The first-order valence-electron chi connectivity index (χ1n) is 7.38. The van der Waals surface area contributed by atoms with Crippen LogP contribution in [-0.2, 0) is 20.0 Å². The topological polar surface area (TPSA) is 87.8 Å². The van der Waals surface area contributed by atoms with Gasteiger partial charge in [-0.1, -0.05) is 13.8 Å². The summed E-state index contributed by atoms with van der Waals surface area (Å²) in [5, 5.41) is 0. The molecule has 2 rings (SSSR count). The summed E-state index contributed by atoms with van der Waals surface area (Å²) in [4.78, 5) is 29.7. The van der Waals surface area contributed by atoms with E-state index >= 15 is 0 Å². The van der Waals surface area contributed by atoms with Crippen molar-refractivity contribution in [2.24, 2.45) is 12.8 Å². The summed E-state index contributed by atoms with van der Waals surface area (Å²) >= 11 is 0. The predicted molar refractivity (Wildman–Crippen MR) is 82.7 cm³/mol. The molecule has 2 heterocycles. The van der Waals surface area contributed by atoms with Crippen LogP contribution in [0.25, 0.3) is 11.2 Å². The summed E-state index contributed by atoms with van der Waals surface area (Å²) in [6.07, 6.45) is 1.49. The van der Waals surface area contributed by atoms with Crippen molar-refractivity contribution >= 4 is 11.2 Å². The fraction of sp³-hybridized carbons (Fsp3) is 0.643. The molecule has 0 bridgehead atoms. The van der Waals surface area contributed by atoms with E-state index < -0.39 is 0 Å². The molecule has 1 atom stereocenters. The van der Waals surface area contributed by atoms with Gasteiger partial charge in [0.15, 0.2) is 11.2 Å². The van der Waals surface area contributed by atoms with Crippen LogP contribution < -0.4 is 17.0 Å². The Morgan fingerprint density at radius 2 is 1.95 bits per heavy atom. The minimum Gasteiger partial charge on any atom is -0.329 e. The zero-order valence-corrected chi connectivity index (χ0v) is 13.1. The van der Waals surface area contributed by atoms with Crippen LogP contribution >= 0.6 is 0 Å². The van der Waals surface area contributed by atoms with Crippen LogP contribution in [-0.4, -0.2) is 25.2 Å². The molecule has 0 fully saturated rings. The molecular formula is C14H23N5O2. The van der Waals surface area contributed by atoms with Gasteiger partial charge in [-0.3, -0.25) is 13.9 Å². The second kappa shape index (κ2) is 5.85. The first-order chi connectivity index (χ1) is 9.97. The Kier molecular flexibility index (Phi) is 4.32. The number of nitrogens with two attached hydrogens (primary N) is 1. The average Bonchev–Trinajstić information content (AvgIpc) is 2.80. The Balaban J connectivity index is 2.99. The Hall–Kier alpha value is -1.89. The number of rotatable bonds is 5. The molecule has 0 amide bonds. The lowest BCUT2D eigenvalue weighted by Gasteiger charge is -2.16. The number of hydrogen-bond donors (Lipinski definition) is 1. The Bertz CT molecular complexity index is 768. The van der Waals surface area contributed by atoms with Gasteiger partial charge in [-0.2, -0.15) is 0 Å². The zero-order valence-electron chi connectivity index (χ0n) is 13.1. The highest BCUT2D eigenvalue weighted by atomic mass is 16.2. The van der Waals surface area contributed by atoms with E-state index in [4.69, 9.17) is 5.73 Å². The molecule has 7 heteroatoms. The number of imidazole rings is 1. The number of aryl methyl sites for hydroxylation is 2. The summed E-state index contributed by atoms with van der Waals surface area (Å²) < 4.78 is 4.62. The molecule has 21 heavy (non-hydrogen) atoms. The summed E-state index contributed by atoms with van der Waals surface area (Å²) in [6, 6.07) is -0.0239. The molecule has 0 saturated carbocycles. The standard InChI is InChI=1S/C14H23N5O2/c1-5-9(3)19-12-11(17(4)10(6-2)16-12)13(20)18(8-7-15)14(19)21/h9H,5-8,15H2,1-4H3. The fourth-order valence-corrected chi connectivity index (χ4v) is 2.59. The quantitative estimate of drug-likeness (QED) is 0.863. The van der Waals surface area contributed by atoms with Crippen molar-refractivity contribution in [2.45, 2.75) is 46.2 Å². The van der Waals surface area contributed by atoms with E-state index in [9.17, 15) is 9.59 Å². The van der Waals surface area contributed by atoms with Gasteiger partial charge in [-0.05, 0) is 13.3 Å². The van der Waals surface area contributed by atoms with E-state index in [1.807, 2.05) is 27.8 Å². The van der Waals surface area contributed by atoms with Crippen LogP contribution in [0.1, 0.15) is 39.1 Å². The van der Waals surface area contributed by atoms with Gasteiger partial charge in [0.1, 0.15) is 5.82 Å². The van der Waals surface area contributed by atoms with Gasteiger partial charge >= 0.3 is 5.69 Å². The highest BCUT2D eigenvalue weighted by Crippen LogP contribution is 2.16. The van der Waals surface area contributed by atoms with E-state index in [1.165, 1.54) is 4.57 Å². The van der Waals surface area contributed by atoms with Crippen LogP contribution in [0.3, 0.4) is 0 Å². The maximum Gasteiger partial charge on any atom is 0.333 e. The van der Waals surface area contributed by atoms with Gasteiger partial charge in [0.2, 0.25) is 0 Å². The summed E-state index contributed by atoms with van der Waals surface area (Å²) in [7, 11) is 1.81. The van der Waals surface area contributed by atoms with Crippen LogP contribution in [0.4, 0.5) is 0 Å². The lowest BCUT2D eigenvalue weighted by molar-refractivity contribution is 0.485. The molecule has 0 aliphatic rings. The number of aromatic nitrogens is 4. The summed E-state index contributed by atoms with van der Waals surface area (Å²) in [5.74, 6) is 0.795. The van der Waals surface area contributed by atoms with Crippen molar-refractivity contribution < 1.29 is 0 Å². The Morgan fingerprint density at radius 1 is 1.29 bits per heavy atom. The maximum absolute atomic E-state index is 12.6. The molecule has 0 spiro atoms. The predicted octanol–water partition coefficient (Wildman–Crippen LogP) is 0.389. The molecule has 0 aliphatic carbocycles. The van der Waals surface area contributed by atoms with Crippen molar-refractivity contribution in [2.75, 3.05) is 6.54 Å². The van der Waals surface area contributed by atoms with E-state index in [0.717, 1.165) is 12.2 Å². The van der Waals surface area contributed by atoms with Gasteiger partial charge < -0.3 is 10.3 Å². The molecule has 2 aromatic rings.